The molecule has 1 aromatic carbocycles. The van der Waals surface area contributed by atoms with Gasteiger partial charge in [-0.05, 0) is 50.7 Å². The highest BCUT2D eigenvalue weighted by Gasteiger charge is 2.83. The Hall–Kier alpha value is -1.30. The van der Waals surface area contributed by atoms with Crippen LogP contribution in [0.2, 0.25) is 0 Å². The smallest absolute Gasteiger partial charge is 0.165 e. The van der Waals surface area contributed by atoms with E-state index in [1.54, 1.807) is 0 Å². The molecule has 2 N–H and O–H groups in total. The minimum Gasteiger partial charge on any atom is -0.504 e. The van der Waals surface area contributed by atoms with Crippen LogP contribution in [0.1, 0.15) is 56.6 Å². The quantitative estimate of drug-likeness (QED) is 0.727. The van der Waals surface area contributed by atoms with Crippen molar-refractivity contribution in [3.05, 3.63) is 23.3 Å². The van der Waals surface area contributed by atoms with Crippen molar-refractivity contribution in [3.8, 4) is 11.5 Å². The van der Waals surface area contributed by atoms with Gasteiger partial charge in [0, 0.05) is 42.8 Å². The molecule has 0 amide bonds. The predicted molar refractivity (Wildman–Crippen MR) is 116 cm³/mol. The van der Waals surface area contributed by atoms with Crippen molar-refractivity contribution in [1.29, 1.82) is 0 Å². The second-order valence-corrected chi connectivity index (χ2v) is 12.1. The molecule has 1 unspecified atom stereocenters. The van der Waals surface area contributed by atoms with Crippen molar-refractivity contribution in [2.45, 2.75) is 81.1 Å². The molecule has 5 nitrogen and oxygen atoms in total. The first kappa shape index (κ1) is 19.2. The number of quaternary nitrogens is 1. The third kappa shape index (κ3) is 1.94. The second kappa shape index (κ2) is 5.60. The van der Waals surface area contributed by atoms with Gasteiger partial charge in [-0.25, -0.2) is 0 Å². The van der Waals surface area contributed by atoms with Crippen LogP contribution in [0, 0.1) is 17.3 Å². The van der Waals surface area contributed by atoms with E-state index in [0.717, 1.165) is 43.8 Å². The minimum absolute atomic E-state index is 0.0670. The van der Waals surface area contributed by atoms with E-state index in [4.69, 9.17) is 9.47 Å². The maximum atomic E-state index is 11.0. The van der Waals surface area contributed by atoms with Crippen molar-refractivity contribution in [2.75, 3.05) is 27.2 Å². The van der Waals surface area contributed by atoms with Crippen molar-refractivity contribution in [1.82, 2.24) is 0 Å². The van der Waals surface area contributed by atoms with Crippen molar-refractivity contribution >= 4 is 0 Å². The number of fused-ring (bicyclic) bond motifs is 2. The first-order valence-corrected chi connectivity index (χ1v) is 12.4. The zero-order valence-electron chi connectivity index (χ0n) is 19.1. The molecule has 1 aromatic rings. The van der Waals surface area contributed by atoms with Gasteiger partial charge in [0.25, 0.3) is 0 Å². The molecule has 4 bridgehead atoms. The van der Waals surface area contributed by atoms with Gasteiger partial charge in [-0.15, -0.1) is 0 Å². The average molecular weight is 427 g/mol. The predicted octanol–water partition coefficient (Wildman–Crippen LogP) is 3.14. The number of piperidine rings is 1. The second-order valence-electron chi connectivity index (χ2n) is 12.1. The highest BCUT2D eigenvalue weighted by Crippen LogP contribution is 2.77. The van der Waals surface area contributed by atoms with Gasteiger partial charge >= 0.3 is 0 Å². The molecule has 2 aliphatic heterocycles. The number of aromatic hydroxyl groups is 1. The number of nitrogens with zero attached hydrogens (tertiary/aromatic N) is 1. The van der Waals surface area contributed by atoms with Crippen LogP contribution in [0.4, 0.5) is 0 Å². The lowest BCUT2D eigenvalue weighted by Crippen LogP contribution is -2.84. The van der Waals surface area contributed by atoms with Crippen molar-refractivity contribution in [3.63, 3.8) is 0 Å². The number of methoxy groups -OCH3 is 1. The summed E-state index contributed by atoms with van der Waals surface area (Å²) in [6.07, 6.45) is 7.48. The SMILES string of the molecule is CO[C@]12CC[C@@]3(C[C@@H]1C(C)O)[C@H]1Cc4ccc(O)c5c4[C@@]3(CC[N@+]1(C)CC1CC1)[C@H]2O5. The molecule has 4 saturated carbocycles. The summed E-state index contributed by atoms with van der Waals surface area (Å²) < 4.78 is 14.3. The number of aliphatic hydroxyl groups excluding tert-OH is 1. The maximum absolute atomic E-state index is 11.0. The average Bonchev–Trinajstić information content (AvgIpc) is 3.48. The van der Waals surface area contributed by atoms with Crippen LogP contribution >= 0.6 is 0 Å². The van der Waals surface area contributed by atoms with Crippen LogP contribution in [-0.4, -0.2) is 65.8 Å². The topological polar surface area (TPSA) is 58.9 Å². The normalized spacial score (nSPS) is 49.5. The van der Waals surface area contributed by atoms with Gasteiger partial charge in [0.15, 0.2) is 11.5 Å². The molecule has 0 aromatic heterocycles. The van der Waals surface area contributed by atoms with Crippen LogP contribution in [0.3, 0.4) is 0 Å². The lowest BCUT2D eigenvalue weighted by atomic mass is 9.34. The van der Waals surface area contributed by atoms with E-state index in [2.05, 4.69) is 13.1 Å². The Morgan fingerprint density at radius 1 is 1.26 bits per heavy atom. The first-order chi connectivity index (χ1) is 14.8. The number of phenolic OH excluding ortho intramolecular Hbond substituents is 1. The van der Waals surface area contributed by atoms with E-state index in [0.29, 0.717) is 6.04 Å². The van der Waals surface area contributed by atoms with Crippen molar-refractivity contribution < 1.29 is 24.2 Å². The van der Waals surface area contributed by atoms with Gasteiger partial charge in [-0.3, -0.25) is 0 Å². The number of hydrogen-bond donors (Lipinski definition) is 2. The van der Waals surface area contributed by atoms with Crippen LogP contribution in [0.15, 0.2) is 12.1 Å². The number of phenols is 1. The van der Waals surface area contributed by atoms with E-state index in [9.17, 15) is 10.2 Å². The maximum Gasteiger partial charge on any atom is 0.165 e. The molecule has 1 saturated heterocycles. The fraction of sp³-hybridized carbons (Fsp3) is 0.769. The molecule has 7 aliphatic rings. The number of ether oxygens (including phenoxy) is 2. The van der Waals surface area contributed by atoms with E-state index < -0.39 is 11.7 Å². The molecule has 0 radical (unpaired) electrons. The first-order valence-electron chi connectivity index (χ1n) is 12.4. The van der Waals surface area contributed by atoms with Crippen LogP contribution in [0.25, 0.3) is 0 Å². The minimum atomic E-state index is -0.488. The number of hydrogen-bond acceptors (Lipinski definition) is 4. The monoisotopic (exact) mass is 426 g/mol. The highest BCUT2D eigenvalue weighted by atomic mass is 16.6. The standard InChI is InChI=1S/C26H35NO4/c1-15(28)18-13-24-8-9-26(18,30-3)23-25(24)10-11-27(2,14-16-4-5-16)20(24)12-17-6-7-19(29)22(31-23)21(17)25/h6-7,15-16,18,20,23,28H,4-5,8-14H2,1-3H3/p+1/t15?,18-,20-,23-,24-,25+,26-,27-/m1/s1. The Bertz CT molecular complexity index is 974. The van der Waals surface area contributed by atoms with Gasteiger partial charge in [-0.2, -0.15) is 0 Å². The van der Waals surface area contributed by atoms with Gasteiger partial charge in [0.1, 0.15) is 11.7 Å². The fourth-order valence-corrected chi connectivity index (χ4v) is 9.73. The Morgan fingerprint density at radius 3 is 2.77 bits per heavy atom. The van der Waals surface area contributed by atoms with Gasteiger partial charge in [-0.1, -0.05) is 6.07 Å². The summed E-state index contributed by atoms with van der Waals surface area (Å²) in [5, 5.41) is 21.8. The Morgan fingerprint density at radius 2 is 2.06 bits per heavy atom. The molecule has 8 atom stereocenters. The molecule has 2 spiro atoms. The molecule has 8 rings (SSSR count). The Kier molecular flexibility index (Phi) is 3.47. The van der Waals surface area contributed by atoms with Crippen LogP contribution in [0.5, 0.6) is 11.5 Å². The molecule has 31 heavy (non-hydrogen) atoms. The summed E-state index contributed by atoms with van der Waals surface area (Å²) >= 11 is 0. The van der Waals surface area contributed by atoms with Crippen LogP contribution in [-0.2, 0) is 16.6 Å². The van der Waals surface area contributed by atoms with Crippen LogP contribution < -0.4 is 4.74 Å². The van der Waals surface area contributed by atoms with Crippen molar-refractivity contribution in [2.24, 2.45) is 17.3 Å². The van der Waals surface area contributed by atoms with Gasteiger partial charge in [0.05, 0.1) is 37.7 Å². The zero-order chi connectivity index (χ0) is 21.4. The number of likely N-dealkylation sites (N-methyl/N-ethyl adjacent to an activating group) is 1. The highest BCUT2D eigenvalue weighted by molar-refractivity contribution is 5.62. The number of benzene rings is 1. The van der Waals surface area contributed by atoms with Gasteiger partial charge in [0.2, 0.25) is 0 Å². The van der Waals surface area contributed by atoms with E-state index in [1.807, 2.05) is 20.1 Å². The summed E-state index contributed by atoms with van der Waals surface area (Å²) in [5.74, 6) is 1.95. The number of rotatable bonds is 4. The molecule has 168 valence electrons. The summed E-state index contributed by atoms with van der Waals surface area (Å²) in [5.41, 5.74) is 2.21. The molecular weight excluding hydrogens is 390 g/mol. The third-order valence-electron chi connectivity index (χ3n) is 11.0. The number of likely N-dealkylation sites (tertiary alicyclic amines) is 1. The van der Waals surface area contributed by atoms with E-state index in [-0.39, 0.29) is 28.6 Å². The summed E-state index contributed by atoms with van der Waals surface area (Å²) in [6, 6.07) is 4.56. The third-order valence-corrected chi connectivity index (χ3v) is 11.0. The lowest BCUT2D eigenvalue weighted by Gasteiger charge is -2.74. The summed E-state index contributed by atoms with van der Waals surface area (Å²) in [7, 11) is 4.33. The molecule has 2 heterocycles. The Labute approximate surface area is 184 Å². The lowest BCUT2D eigenvalue weighted by molar-refractivity contribution is -0.952. The molecule has 5 heteroatoms. The fourth-order valence-electron chi connectivity index (χ4n) is 9.73. The summed E-state index contributed by atoms with van der Waals surface area (Å²) in [4.78, 5) is 0. The number of aliphatic hydroxyl groups is 1. The summed E-state index contributed by atoms with van der Waals surface area (Å²) in [6.45, 7) is 4.41. The molecular formula is C26H36NO4+. The molecule has 5 aliphatic carbocycles. The van der Waals surface area contributed by atoms with E-state index >= 15 is 0 Å². The zero-order valence-corrected chi connectivity index (χ0v) is 19.1. The van der Waals surface area contributed by atoms with E-state index in [1.165, 1.54) is 41.5 Å². The molecule has 5 fully saturated rings. The Balaban J connectivity index is 1.50. The largest absolute Gasteiger partial charge is 0.504 e. The van der Waals surface area contributed by atoms with Gasteiger partial charge < -0.3 is 24.2 Å².